The number of rotatable bonds is 9. The van der Waals surface area contributed by atoms with Crippen molar-refractivity contribution in [2.75, 3.05) is 13.1 Å². The molecule has 0 spiro atoms. The summed E-state index contributed by atoms with van der Waals surface area (Å²) < 4.78 is 0. The smallest absolute Gasteiger partial charge is 0.194 e. The first-order valence-corrected chi connectivity index (χ1v) is 14.4. The fourth-order valence-electron chi connectivity index (χ4n) is 6.13. The molecule has 2 aliphatic carbocycles. The van der Waals surface area contributed by atoms with Gasteiger partial charge in [0.15, 0.2) is 5.78 Å². The molecule has 0 aliphatic heterocycles. The van der Waals surface area contributed by atoms with Crippen LogP contribution in [0, 0.1) is 0 Å². The van der Waals surface area contributed by atoms with Crippen LogP contribution in [0.4, 0.5) is 0 Å². The Hall–Kier alpha value is -3.50. The molecule has 1 unspecified atom stereocenters. The summed E-state index contributed by atoms with van der Waals surface area (Å²) in [4.78, 5) is 19.3. The van der Waals surface area contributed by atoms with Gasteiger partial charge in [-0.3, -0.25) is 9.79 Å². The Morgan fingerprint density at radius 2 is 1.62 bits per heavy atom. The number of ketones is 1. The molecule has 5 rings (SSSR count). The van der Waals surface area contributed by atoms with Gasteiger partial charge in [-0.2, -0.15) is 0 Å². The number of allylic oxidation sites excluding steroid dienone is 1. The third-order valence-electron chi connectivity index (χ3n) is 8.29. The molecule has 0 fully saturated rings. The van der Waals surface area contributed by atoms with Crippen molar-refractivity contribution >= 4 is 11.5 Å². The first-order chi connectivity index (χ1) is 18.9. The number of aliphatic imine (C=N–C) groups is 1. The van der Waals surface area contributed by atoms with Gasteiger partial charge in [-0.1, -0.05) is 93.6 Å². The zero-order valence-corrected chi connectivity index (χ0v) is 23.5. The van der Waals surface area contributed by atoms with E-state index in [0.717, 1.165) is 43.4 Å². The first-order valence-electron chi connectivity index (χ1n) is 14.4. The van der Waals surface area contributed by atoms with E-state index in [4.69, 9.17) is 4.99 Å². The highest BCUT2D eigenvalue weighted by Crippen LogP contribution is 2.42. The maximum absolute atomic E-state index is 14.0. The second kappa shape index (κ2) is 11.7. The number of carbonyl (C=O) groups excluding carboxylic acids is 1. The largest absolute Gasteiger partial charge is 0.388 e. The predicted molar refractivity (Wildman–Crippen MR) is 160 cm³/mol. The summed E-state index contributed by atoms with van der Waals surface area (Å²) in [6, 6.07) is 24.9. The van der Waals surface area contributed by atoms with Crippen LogP contribution in [0.2, 0.25) is 0 Å². The molecule has 0 heterocycles. The second-order valence-corrected chi connectivity index (χ2v) is 11.4. The van der Waals surface area contributed by atoms with Crippen LogP contribution in [0.25, 0.3) is 0 Å². The van der Waals surface area contributed by atoms with Gasteiger partial charge < -0.3 is 10.4 Å². The first kappa shape index (κ1) is 27.1. The van der Waals surface area contributed by atoms with Crippen LogP contribution in [-0.2, 0) is 24.7 Å². The van der Waals surface area contributed by atoms with Crippen molar-refractivity contribution < 1.29 is 9.90 Å². The number of hydrogen-bond donors (Lipinski definition) is 2. The number of carbonyl (C=O) groups is 1. The number of fused-ring (bicyclic) bond motifs is 3. The topological polar surface area (TPSA) is 61.7 Å². The Labute approximate surface area is 232 Å². The maximum Gasteiger partial charge on any atom is 0.194 e. The van der Waals surface area contributed by atoms with E-state index >= 15 is 0 Å². The number of nitrogens with zero attached hydrogens (tertiary/aromatic N) is 1. The van der Waals surface area contributed by atoms with Crippen LogP contribution in [0.5, 0.6) is 0 Å². The van der Waals surface area contributed by atoms with Gasteiger partial charge in [-0.15, -0.1) is 0 Å². The zero-order chi connectivity index (χ0) is 27.4. The quantitative estimate of drug-likeness (QED) is 0.344. The van der Waals surface area contributed by atoms with Crippen molar-refractivity contribution in [3.63, 3.8) is 0 Å². The van der Waals surface area contributed by atoms with Crippen molar-refractivity contribution in [1.29, 1.82) is 0 Å². The fourth-order valence-corrected chi connectivity index (χ4v) is 6.13. The summed E-state index contributed by atoms with van der Waals surface area (Å²) in [5.74, 6) is -0.0743. The van der Waals surface area contributed by atoms with Crippen molar-refractivity contribution in [3.8, 4) is 0 Å². The number of nitrogens with one attached hydrogen (secondary N) is 1. The van der Waals surface area contributed by atoms with Crippen LogP contribution >= 0.6 is 0 Å². The minimum Gasteiger partial charge on any atom is -0.388 e. The summed E-state index contributed by atoms with van der Waals surface area (Å²) in [5, 5.41) is 14.7. The van der Waals surface area contributed by atoms with Crippen molar-refractivity contribution in [1.82, 2.24) is 5.32 Å². The molecule has 2 aliphatic rings. The Bertz CT molecular complexity index is 1390. The van der Waals surface area contributed by atoms with E-state index in [2.05, 4.69) is 61.6 Å². The normalized spacial score (nSPS) is 18.1. The average Bonchev–Trinajstić information content (AvgIpc) is 2.95. The van der Waals surface area contributed by atoms with Gasteiger partial charge in [0.05, 0.1) is 23.1 Å². The second-order valence-electron chi connectivity index (χ2n) is 11.4. The van der Waals surface area contributed by atoms with E-state index in [1.54, 1.807) is 0 Å². The molecule has 3 aromatic rings. The summed E-state index contributed by atoms with van der Waals surface area (Å²) in [5.41, 5.74) is 8.75. The molecule has 0 aromatic heterocycles. The SMILES string of the molecule is CCC(O)C1=C(NCCc2ccccc2)C(=NCCc2ccccc2)c2c(ccc3c2CCCC3(C)C)C1=O. The molecule has 0 bridgehead atoms. The monoisotopic (exact) mass is 520 g/mol. The lowest BCUT2D eigenvalue weighted by atomic mass is 9.68. The number of Topliss-reactive ketones (excluding diaryl/α,β-unsaturated/α-hetero) is 1. The van der Waals surface area contributed by atoms with E-state index in [1.807, 2.05) is 37.3 Å². The van der Waals surface area contributed by atoms with E-state index in [-0.39, 0.29) is 11.2 Å². The van der Waals surface area contributed by atoms with E-state index in [1.165, 1.54) is 22.3 Å². The van der Waals surface area contributed by atoms with Gasteiger partial charge in [-0.05, 0) is 66.2 Å². The summed E-state index contributed by atoms with van der Waals surface area (Å²) >= 11 is 0. The fraction of sp³-hybridized carbons (Fsp3) is 0.371. The molecule has 0 radical (unpaired) electrons. The third-order valence-corrected chi connectivity index (χ3v) is 8.29. The van der Waals surface area contributed by atoms with E-state index in [0.29, 0.717) is 36.3 Å². The Morgan fingerprint density at radius 1 is 0.949 bits per heavy atom. The summed E-state index contributed by atoms with van der Waals surface area (Å²) in [6.45, 7) is 7.79. The highest BCUT2D eigenvalue weighted by atomic mass is 16.3. The van der Waals surface area contributed by atoms with Gasteiger partial charge in [0.1, 0.15) is 0 Å². The molecule has 2 N–H and O–H groups in total. The standard InChI is InChI=1S/C35H40N2O2/c1-4-29(38)31-33(37-23-20-25-14-9-6-10-15-25)32(36-22-19-24-12-7-5-8-13-24)30-26-16-11-21-35(2,3)28(26)18-17-27(30)34(31)39/h5-10,12-15,17-18,29,37-38H,4,11,16,19-23H2,1-3H3. The van der Waals surface area contributed by atoms with Crippen LogP contribution < -0.4 is 5.32 Å². The van der Waals surface area contributed by atoms with Crippen LogP contribution in [0.3, 0.4) is 0 Å². The predicted octanol–water partition coefficient (Wildman–Crippen LogP) is 6.39. The van der Waals surface area contributed by atoms with E-state index in [9.17, 15) is 9.90 Å². The van der Waals surface area contributed by atoms with Crippen LogP contribution in [-0.4, -0.2) is 35.8 Å². The number of aliphatic hydroxyl groups is 1. The van der Waals surface area contributed by atoms with Gasteiger partial charge in [-0.25, -0.2) is 0 Å². The molecule has 0 amide bonds. The lowest BCUT2D eigenvalue weighted by molar-refractivity contribution is 0.0981. The average molecular weight is 521 g/mol. The maximum atomic E-state index is 14.0. The highest BCUT2D eigenvalue weighted by molar-refractivity contribution is 6.29. The molecule has 202 valence electrons. The molecule has 3 aromatic carbocycles. The number of aliphatic hydroxyl groups excluding tert-OH is 1. The van der Waals surface area contributed by atoms with Gasteiger partial charge in [0, 0.05) is 24.2 Å². The zero-order valence-electron chi connectivity index (χ0n) is 23.5. The molecular formula is C35H40N2O2. The molecule has 1 atom stereocenters. The Kier molecular flexibility index (Phi) is 8.13. The van der Waals surface area contributed by atoms with Crippen molar-refractivity contribution in [2.24, 2.45) is 4.99 Å². The van der Waals surface area contributed by atoms with Crippen molar-refractivity contribution in [2.45, 2.75) is 70.8 Å². The van der Waals surface area contributed by atoms with E-state index < -0.39 is 6.10 Å². The minimum absolute atomic E-state index is 0.0502. The Morgan fingerprint density at radius 3 is 2.28 bits per heavy atom. The number of benzene rings is 3. The van der Waals surface area contributed by atoms with Crippen LogP contribution in [0.15, 0.2) is 89.1 Å². The minimum atomic E-state index is -0.850. The molecule has 39 heavy (non-hydrogen) atoms. The van der Waals surface area contributed by atoms with Crippen molar-refractivity contribution in [3.05, 3.63) is 117 Å². The van der Waals surface area contributed by atoms with Gasteiger partial charge in [0.2, 0.25) is 0 Å². The summed E-state index contributed by atoms with van der Waals surface area (Å²) in [7, 11) is 0. The lowest BCUT2D eigenvalue weighted by Crippen LogP contribution is -2.38. The molecular weight excluding hydrogens is 480 g/mol. The number of hydrogen-bond acceptors (Lipinski definition) is 4. The van der Waals surface area contributed by atoms with Gasteiger partial charge in [0.25, 0.3) is 0 Å². The molecule has 0 saturated carbocycles. The molecule has 4 nitrogen and oxygen atoms in total. The third kappa shape index (κ3) is 5.62. The summed E-state index contributed by atoms with van der Waals surface area (Å²) in [6.07, 6.45) is 4.41. The lowest BCUT2D eigenvalue weighted by Gasteiger charge is -2.36. The molecule has 0 saturated heterocycles. The molecule has 4 heteroatoms. The highest BCUT2D eigenvalue weighted by Gasteiger charge is 2.38. The Balaban J connectivity index is 1.61. The van der Waals surface area contributed by atoms with Gasteiger partial charge >= 0.3 is 0 Å². The van der Waals surface area contributed by atoms with Crippen LogP contribution in [0.1, 0.15) is 78.2 Å².